The number of halogens is 2. The molecule has 0 radical (unpaired) electrons. The third kappa shape index (κ3) is 10.1. The zero-order valence-electron chi connectivity index (χ0n) is 32.4. The van der Waals surface area contributed by atoms with Crippen LogP contribution in [0, 0.1) is 23.5 Å². The largest absolute Gasteiger partial charge is 0.461 e. The molecule has 5 aliphatic rings. The third-order valence-corrected chi connectivity index (χ3v) is 11.5. The van der Waals surface area contributed by atoms with Gasteiger partial charge in [0.05, 0.1) is 0 Å². The molecule has 14 nitrogen and oxygen atoms in total. The Morgan fingerprint density at radius 2 is 1.67 bits per heavy atom. The van der Waals surface area contributed by atoms with Gasteiger partial charge in [0, 0.05) is 38.5 Å². The van der Waals surface area contributed by atoms with Gasteiger partial charge in [-0.3, -0.25) is 28.8 Å². The highest BCUT2D eigenvalue weighted by atomic mass is 19.1. The van der Waals surface area contributed by atoms with Crippen molar-refractivity contribution in [1.29, 1.82) is 0 Å². The highest BCUT2D eigenvalue weighted by molar-refractivity contribution is 5.98. The highest BCUT2D eigenvalue weighted by Crippen LogP contribution is 2.27. The van der Waals surface area contributed by atoms with Crippen LogP contribution in [-0.4, -0.2) is 119 Å². The van der Waals surface area contributed by atoms with Crippen molar-refractivity contribution < 1.29 is 47.1 Å². The zero-order valence-corrected chi connectivity index (χ0v) is 32.4. The molecule has 0 unspecified atom stereocenters. The number of ether oxygens (including phenoxy) is 1. The number of nitrogens with one attached hydrogen (secondary N) is 3. The van der Waals surface area contributed by atoms with E-state index in [2.05, 4.69) is 28.1 Å². The van der Waals surface area contributed by atoms with Gasteiger partial charge in [-0.1, -0.05) is 31.2 Å². The number of carbonyl (C=O) groups excluding carboxylic acids is 7. The summed E-state index contributed by atoms with van der Waals surface area (Å²) in [5.74, 6) is -6.12. The summed E-state index contributed by atoms with van der Waals surface area (Å²) in [4.78, 5) is 101. The third-order valence-electron chi connectivity index (χ3n) is 11.5. The van der Waals surface area contributed by atoms with Crippen molar-refractivity contribution in [1.82, 2.24) is 30.7 Å². The molecule has 3 N–H and O–H groups in total. The molecule has 1 aromatic carbocycles. The molecule has 16 heteroatoms. The maximum atomic E-state index is 14.5. The minimum absolute atomic E-state index is 0.0756. The first-order valence-electron chi connectivity index (χ1n) is 20.0. The lowest BCUT2D eigenvalue weighted by Crippen LogP contribution is -2.61. The average molecular weight is 795 g/mol. The molecule has 0 aromatic heterocycles. The van der Waals surface area contributed by atoms with E-state index in [0.717, 1.165) is 31.4 Å². The van der Waals surface area contributed by atoms with E-state index in [1.54, 1.807) is 12.2 Å². The fraction of sp³-hybridized carbons (Fsp3) is 0.585. The molecule has 6 rings (SSSR count). The van der Waals surface area contributed by atoms with Crippen molar-refractivity contribution in [2.24, 2.45) is 11.8 Å². The number of hydrogen-bond acceptors (Lipinski definition) is 8. The summed E-state index contributed by atoms with van der Waals surface area (Å²) >= 11 is 0. The first kappa shape index (κ1) is 41.5. The van der Waals surface area contributed by atoms with Gasteiger partial charge in [-0.05, 0) is 87.8 Å². The summed E-state index contributed by atoms with van der Waals surface area (Å²) in [6.45, 7) is 3.15. The topological polar surface area (TPSA) is 175 Å². The fourth-order valence-electron chi connectivity index (χ4n) is 8.56. The van der Waals surface area contributed by atoms with Crippen LogP contribution in [0.15, 0.2) is 42.5 Å². The Morgan fingerprint density at radius 1 is 0.895 bits per heavy atom. The van der Waals surface area contributed by atoms with Crippen molar-refractivity contribution in [3.8, 4) is 0 Å². The summed E-state index contributed by atoms with van der Waals surface area (Å²) in [7, 11) is 0. The summed E-state index contributed by atoms with van der Waals surface area (Å²) < 4.78 is 34.2. The second-order valence-corrected chi connectivity index (χ2v) is 15.9. The van der Waals surface area contributed by atoms with E-state index in [1.807, 2.05) is 6.92 Å². The van der Waals surface area contributed by atoms with Crippen LogP contribution in [0.25, 0.3) is 0 Å². The Bertz CT molecular complexity index is 1780. The molecular formula is C41H52F2N6O8. The van der Waals surface area contributed by atoms with Gasteiger partial charge < -0.3 is 35.4 Å². The van der Waals surface area contributed by atoms with Gasteiger partial charge in [-0.2, -0.15) is 0 Å². The van der Waals surface area contributed by atoms with Crippen LogP contribution < -0.4 is 16.0 Å². The summed E-state index contributed by atoms with van der Waals surface area (Å²) in [5.41, 5.74) is 0.0765. The van der Waals surface area contributed by atoms with Crippen molar-refractivity contribution >= 4 is 41.4 Å². The van der Waals surface area contributed by atoms with E-state index in [1.165, 1.54) is 21.6 Å². The molecule has 0 spiro atoms. The van der Waals surface area contributed by atoms with Crippen LogP contribution in [0.5, 0.6) is 0 Å². The smallest absolute Gasteiger partial charge is 0.328 e. The number of benzene rings is 1. The number of cyclic esters (lactones) is 1. The van der Waals surface area contributed by atoms with Crippen LogP contribution in [0.1, 0.15) is 77.2 Å². The average Bonchev–Trinajstić information content (AvgIpc) is 3.84. The van der Waals surface area contributed by atoms with Crippen LogP contribution in [0.3, 0.4) is 0 Å². The van der Waals surface area contributed by atoms with Crippen molar-refractivity contribution in [2.75, 3.05) is 26.2 Å². The standard InChI is InChI=1S/C41H52F2N6O8/c1-24-17-34-41(56)57-23-31(46-36(51)30(20-27-18-28(42)21-29(43)19-27)45-35(50)14-13-26-9-4-3-5-10-26)39(54)48-16-8-12-33(48)40(55)47-15-7-6-11-32(47)37(52)44-25(2)38(53)49(34)22-24/h4,6-7,9,18-19,21,24-26,30-34H,3,5,8,10-17,20,22-23H2,1-2H3,(H,44,52)(H,45,50)(H,46,51)/t24-,25+,26-,30+,31+,32+,33+,34+/m1/s1. The molecule has 8 atom stereocenters. The minimum Gasteiger partial charge on any atom is -0.461 e. The Balaban J connectivity index is 1.29. The molecule has 3 fully saturated rings. The van der Waals surface area contributed by atoms with Crippen LogP contribution in [-0.2, 0) is 44.7 Å². The van der Waals surface area contributed by atoms with Crippen molar-refractivity contribution in [3.05, 3.63) is 59.7 Å². The number of hydrogen-bond donors (Lipinski definition) is 3. The lowest BCUT2D eigenvalue weighted by molar-refractivity contribution is -0.158. The van der Waals surface area contributed by atoms with E-state index in [-0.39, 0.29) is 69.1 Å². The molecule has 1 aliphatic carbocycles. The van der Waals surface area contributed by atoms with E-state index >= 15 is 0 Å². The normalized spacial score (nSPS) is 28.9. The number of carbonyl (C=O) groups is 7. The first-order chi connectivity index (χ1) is 27.3. The van der Waals surface area contributed by atoms with Gasteiger partial charge in [-0.25, -0.2) is 13.6 Å². The summed E-state index contributed by atoms with van der Waals surface area (Å²) in [6, 6.07) is -4.20. The van der Waals surface area contributed by atoms with Crippen molar-refractivity contribution in [2.45, 2.75) is 114 Å². The molecule has 0 bridgehead atoms. The van der Waals surface area contributed by atoms with E-state index < -0.39 is 95.9 Å². The van der Waals surface area contributed by atoms with Gasteiger partial charge in [-0.15, -0.1) is 0 Å². The maximum Gasteiger partial charge on any atom is 0.328 e. The van der Waals surface area contributed by atoms with E-state index in [9.17, 15) is 42.3 Å². The summed E-state index contributed by atoms with van der Waals surface area (Å²) in [6.07, 6.45) is 12.0. The molecule has 4 aliphatic heterocycles. The number of amides is 6. The second-order valence-electron chi connectivity index (χ2n) is 15.9. The van der Waals surface area contributed by atoms with Gasteiger partial charge >= 0.3 is 5.97 Å². The molecule has 1 aromatic rings. The Kier molecular flexibility index (Phi) is 13.4. The molecular weight excluding hydrogens is 742 g/mol. The molecule has 3 saturated heterocycles. The SMILES string of the molecule is C[C@@H]1C[C@H]2C(=O)OC[C@H](NC(=O)[C@H](Cc3cc(F)cc(F)c3)NC(=O)CC[C@@H]3C=CCCC3)C(=O)N3CCC[C@H]3C(=O)N3CC=CC[C@H]3C(=O)N[C@@H](C)C(=O)N2C1. The zero-order chi connectivity index (χ0) is 40.8. The quantitative estimate of drug-likeness (QED) is 0.265. The van der Waals surface area contributed by atoms with Gasteiger partial charge in [0.2, 0.25) is 35.4 Å². The molecule has 6 amide bonds. The van der Waals surface area contributed by atoms with E-state index in [4.69, 9.17) is 4.74 Å². The van der Waals surface area contributed by atoms with Gasteiger partial charge in [0.25, 0.3) is 0 Å². The number of fused-ring (bicyclic) bond motifs is 3. The fourth-order valence-corrected chi connectivity index (χ4v) is 8.56. The lowest BCUT2D eigenvalue weighted by atomic mass is 9.92. The van der Waals surface area contributed by atoms with E-state index in [0.29, 0.717) is 18.9 Å². The second kappa shape index (κ2) is 18.4. The molecule has 0 saturated carbocycles. The predicted molar refractivity (Wildman–Crippen MR) is 201 cm³/mol. The minimum atomic E-state index is -1.55. The number of esters is 1. The number of allylic oxidation sites excluding steroid dienone is 2. The number of rotatable bonds is 8. The maximum absolute atomic E-state index is 14.5. The number of nitrogens with zero attached hydrogens (tertiary/aromatic N) is 3. The highest BCUT2D eigenvalue weighted by Gasteiger charge is 2.45. The Morgan fingerprint density at radius 3 is 2.40 bits per heavy atom. The predicted octanol–water partition coefficient (Wildman–Crippen LogP) is 2.06. The van der Waals surface area contributed by atoms with Crippen LogP contribution in [0.2, 0.25) is 0 Å². The Labute approximate surface area is 330 Å². The molecule has 57 heavy (non-hydrogen) atoms. The molecule has 308 valence electrons. The van der Waals surface area contributed by atoms with Crippen molar-refractivity contribution in [3.63, 3.8) is 0 Å². The van der Waals surface area contributed by atoms with Crippen LogP contribution >= 0.6 is 0 Å². The lowest BCUT2D eigenvalue weighted by Gasteiger charge is -2.37. The monoisotopic (exact) mass is 794 g/mol. The molecule has 4 heterocycles. The van der Waals surface area contributed by atoms with Gasteiger partial charge in [0.1, 0.15) is 54.5 Å². The first-order valence-corrected chi connectivity index (χ1v) is 20.0. The Hall–Kier alpha value is -5.15. The van der Waals surface area contributed by atoms with Gasteiger partial charge in [0.15, 0.2) is 0 Å². The summed E-state index contributed by atoms with van der Waals surface area (Å²) in [5, 5.41) is 8.04. The van der Waals surface area contributed by atoms with Crippen LogP contribution in [0.4, 0.5) is 8.78 Å².